The van der Waals surface area contributed by atoms with E-state index in [4.69, 9.17) is 0 Å². The first-order chi connectivity index (χ1) is 6.90. The maximum Gasteiger partial charge on any atom is 0.150 e. The van der Waals surface area contributed by atoms with Crippen LogP contribution in [0.15, 0.2) is 42.9 Å². The molecule has 0 aliphatic rings. The first-order valence-electron chi connectivity index (χ1n) is 4.22. The molecule has 0 unspecified atom stereocenters. The zero-order chi connectivity index (χ0) is 9.80. The van der Waals surface area contributed by atoms with E-state index in [1.54, 1.807) is 30.7 Å². The Hall–Kier alpha value is -2.03. The molecule has 2 aromatic rings. The Morgan fingerprint density at radius 1 is 1.07 bits per heavy atom. The van der Waals surface area contributed by atoms with Crippen LogP contribution in [0.5, 0.6) is 0 Å². The topological polar surface area (TPSA) is 42.9 Å². The normalized spacial score (nSPS) is 9.71. The fourth-order valence-electron chi connectivity index (χ4n) is 1.18. The summed E-state index contributed by atoms with van der Waals surface area (Å²) in [6, 6.07) is 7.23. The van der Waals surface area contributed by atoms with Gasteiger partial charge in [-0.1, -0.05) is 24.3 Å². The van der Waals surface area contributed by atoms with Crippen LogP contribution >= 0.6 is 0 Å². The third-order valence-corrected chi connectivity index (χ3v) is 1.91. The number of aromatic nitrogens is 2. The lowest BCUT2D eigenvalue weighted by atomic mass is 10.1. The highest BCUT2D eigenvalue weighted by Crippen LogP contribution is 2.14. The van der Waals surface area contributed by atoms with Gasteiger partial charge in [-0.2, -0.15) is 0 Å². The summed E-state index contributed by atoms with van der Waals surface area (Å²) >= 11 is 0. The molecular formula is C11H8N2O. The first kappa shape index (κ1) is 8.56. The van der Waals surface area contributed by atoms with Crippen molar-refractivity contribution in [3.05, 3.63) is 48.4 Å². The smallest absolute Gasteiger partial charge is 0.150 e. The zero-order valence-electron chi connectivity index (χ0n) is 7.42. The molecule has 1 aromatic heterocycles. The lowest BCUT2D eigenvalue weighted by Crippen LogP contribution is -1.85. The van der Waals surface area contributed by atoms with Gasteiger partial charge < -0.3 is 0 Å². The molecule has 0 N–H and O–H groups in total. The predicted octanol–water partition coefficient (Wildman–Crippen LogP) is 1.96. The highest BCUT2D eigenvalue weighted by Gasteiger charge is 1.97. The highest BCUT2D eigenvalue weighted by atomic mass is 16.1. The van der Waals surface area contributed by atoms with Crippen LogP contribution in [-0.2, 0) is 0 Å². The minimum atomic E-state index is 0.664. The van der Waals surface area contributed by atoms with Crippen LogP contribution in [0, 0.1) is 0 Å². The summed E-state index contributed by atoms with van der Waals surface area (Å²) in [5, 5.41) is 0. The molecule has 0 spiro atoms. The summed E-state index contributed by atoms with van der Waals surface area (Å²) in [6.45, 7) is 0. The van der Waals surface area contributed by atoms with Crippen LogP contribution in [0.1, 0.15) is 10.4 Å². The fraction of sp³-hybridized carbons (Fsp3) is 0. The van der Waals surface area contributed by atoms with E-state index in [9.17, 15) is 4.79 Å². The number of rotatable bonds is 2. The quantitative estimate of drug-likeness (QED) is 0.670. The second-order valence-corrected chi connectivity index (χ2v) is 2.83. The number of hydrogen-bond acceptors (Lipinski definition) is 3. The summed E-state index contributed by atoms with van der Waals surface area (Å²) in [5.41, 5.74) is 2.44. The van der Waals surface area contributed by atoms with E-state index in [0.29, 0.717) is 5.56 Å². The molecule has 1 heterocycles. The van der Waals surface area contributed by atoms with Gasteiger partial charge in [-0.25, -0.2) is 0 Å². The largest absolute Gasteiger partial charge is 0.298 e. The predicted molar refractivity (Wildman–Crippen MR) is 52.9 cm³/mol. The van der Waals surface area contributed by atoms with Gasteiger partial charge in [-0.3, -0.25) is 14.8 Å². The van der Waals surface area contributed by atoms with E-state index in [-0.39, 0.29) is 0 Å². The summed E-state index contributed by atoms with van der Waals surface area (Å²) in [5.74, 6) is 0. The van der Waals surface area contributed by atoms with E-state index < -0.39 is 0 Å². The van der Waals surface area contributed by atoms with Gasteiger partial charge in [-0.15, -0.1) is 0 Å². The molecule has 0 saturated carbocycles. The second-order valence-electron chi connectivity index (χ2n) is 2.83. The lowest BCUT2D eigenvalue weighted by Gasteiger charge is -1.98. The van der Waals surface area contributed by atoms with Gasteiger partial charge in [0.05, 0.1) is 11.9 Å². The number of benzene rings is 1. The molecule has 68 valence electrons. The minimum absolute atomic E-state index is 0.664. The highest BCUT2D eigenvalue weighted by molar-refractivity contribution is 5.76. The fourth-order valence-corrected chi connectivity index (χ4v) is 1.18. The van der Waals surface area contributed by atoms with Crippen molar-refractivity contribution in [2.24, 2.45) is 0 Å². The van der Waals surface area contributed by atoms with Gasteiger partial charge >= 0.3 is 0 Å². The Bertz CT molecular complexity index is 423. The summed E-state index contributed by atoms with van der Waals surface area (Å²) in [7, 11) is 0. The van der Waals surface area contributed by atoms with Crippen molar-refractivity contribution in [3.8, 4) is 11.3 Å². The molecule has 1 aromatic carbocycles. The molecule has 14 heavy (non-hydrogen) atoms. The van der Waals surface area contributed by atoms with Crippen molar-refractivity contribution in [1.29, 1.82) is 0 Å². The van der Waals surface area contributed by atoms with Gasteiger partial charge in [0, 0.05) is 23.5 Å². The number of nitrogens with zero attached hydrogens (tertiary/aromatic N) is 2. The summed E-state index contributed by atoms with van der Waals surface area (Å²) < 4.78 is 0. The number of carbonyl (C=O) groups is 1. The van der Waals surface area contributed by atoms with E-state index >= 15 is 0 Å². The van der Waals surface area contributed by atoms with Crippen LogP contribution in [0.2, 0.25) is 0 Å². The van der Waals surface area contributed by atoms with Gasteiger partial charge in [-0.05, 0) is 0 Å². The van der Waals surface area contributed by atoms with Gasteiger partial charge in [0.15, 0.2) is 0 Å². The van der Waals surface area contributed by atoms with Crippen LogP contribution in [0.3, 0.4) is 0 Å². The molecule has 0 aliphatic heterocycles. The second kappa shape index (κ2) is 3.79. The Morgan fingerprint density at radius 3 is 2.43 bits per heavy atom. The van der Waals surface area contributed by atoms with Crippen molar-refractivity contribution in [3.63, 3.8) is 0 Å². The standard InChI is InChI=1S/C11H8N2O/c14-8-9-1-3-10(4-2-9)11-7-12-5-6-13-11/h1-8H. The third kappa shape index (κ3) is 1.66. The van der Waals surface area contributed by atoms with E-state index in [2.05, 4.69) is 9.97 Å². The number of hydrogen-bond donors (Lipinski definition) is 0. The van der Waals surface area contributed by atoms with Crippen molar-refractivity contribution in [2.75, 3.05) is 0 Å². The molecule has 0 aliphatic carbocycles. The zero-order valence-corrected chi connectivity index (χ0v) is 7.42. The molecular weight excluding hydrogens is 176 g/mol. The molecule has 0 saturated heterocycles. The Labute approximate surface area is 81.5 Å². The van der Waals surface area contributed by atoms with Crippen LogP contribution in [0.4, 0.5) is 0 Å². The molecule has 2 rings (SSSR count). The lowest BCUT2D eigenvalue weighted by molar-refractivity contribution is 0.112. The number of carbonyl (C=O) groups excluding carboxylic acids is 1. The molecule has 0 fully saturated rings. The molecule has 0 radical (unpaired) electrons. The van der Waals surface area contributed by atoms with Crippen molar-refractivity contribution < 1.29 is 4.79 Å². The molecule has 3 heteroatoms. The average Bonchev–Trinajstić information content (AvgIpc) is 2.30. The van der Waals surface area contributed by atoms with Crippen LogP contribution < -0.4 is 0 Å². The van der Waals surface area contributed by atoms with Crippen molar-refractivity contribution in [2.45, 2.75) is 0 Å². The minimum Gasteiger partial charge on any atom is -0.298 e. The Morgan fingerprint density at radius 2 is 1.86 bits per heavy atom. The van der Waals surface area contributed by atoms with Crippen LogP contribution in [0.25, 0.3) is 11.3 Å². The first-order valence-corrected chi connectivity index (χ1v) is 4.22. The van der Waals surface area contributed by atoms with E-state index in [1.165, 1.54) is 0 Å². The molecule has 3 nitrogen and oxygen atoms in total. The van der Waals surface area contributed by atoms with E-state index in [1.807, 2.05) is 12.1 Å². The van der Waals surface area contributed by atoms with Crippen LogP contribution in [-0.4, -0.2) is 16.3 Å². The maximum absolute atomic E-state index is 10.4. The SMILES string of the molecule is O=Cc1ccc(-c2cnccn2)cc1. The summed E-state index contributed by atoms with van der Waals surface area (Å²) in [4.78, 5) is 18.6. The maximum atomic E-state index is 10.4. The van der Waals surface area contributed by atoms with Crippen molar-refractivity contribution in [1.82, 2.24) is 9.97 Å². The molecule has 0 bridgehead atoms. The monoisotopic (exact) mass is 184 g/mol. The molecule has 0 atom stereocenters. The summed E-state index contributed by atoms with van der Waals surface area (Å²) in [6.07, 6.45) is 5.78. The third-order valence-electron chi connectivity index (χ3n) is 1.91. The Balaban J connectivity index is 2.39. The number of aldehydes is 1. The van der Waals surface area contributed by atoms with Gasteiger partial charge in [0.1, 0.15) is 6.29 Å². The Kier molecular flexibility index (Phi) is 2.32. The van der Waals surface area contributed by atoms with Gasteiger partial charge in [0.25, 0.3) is 0 Å². The van der Waals surface area contributed by atoms with Gasteiger partial charge in [0.2, 0.25) is 0 Å². The van der Waals surface area contributed by atoms with Crippen molar-refractivity contribution >= 4 is 6.29 Å². The van der Waals surface area contributed by atoms with E-state index in [0.717, 1.165) is 17.5 Å². The molecule has 0 amide bonds. The average molecular weight is 184 g/mol.